The quantitative estimate of drug-likeness (QED) is 0.0349. The zero-order valence-electron chi connectivity index (χ0n) is 44.5. The number of carbonyl (C=O) groups is 2. The van der Waals surface area contributed by atoms with Gasteiger partial charge in [-0.2, -0.15) is 0 Å². The highest BCUT2D eigenvalue weighted by molar-refractivity contribution is 8.24. The van der Waals surface area contributed by atoms with Crippen LogP contribution in [0.3, 0.4) is 0 Å². The maximum Gasteiger partial charge on any atom is 0.322 e. The van der Waals surface area contributed by atoms with Crippen LogP contribution in [-0.2, 0) is 14.3 Å². The Morgan fingerprint density at radius 1 is 0.446 bits per heavy atom. The highest BCUT2D eigenvalue weighted by Crippen LogP contribution is 2.33. The average Bonchev–Trinajstić information content (AvgIpc) is 3.29. The highest BCUT2D eigenvalue weighted by Gasteiger charge is 2.36. The molecule has 0 bridgehead atoms. The van der Waals surface area contributed by atoms with Crippen LogP contribution in [-0.4, -0.2) is 89.5 Å². The minimum atomic E-state index is -0.806. The van der Waals surface area contributed by atoms with Crippen LogP contribution in [0, 0.1) is 0 Å². The van der Waals surface area contributed by atoms with Crippen molar-refractivity contribution in [1.82, 2.24) is 9.80 Å². The molecule has 0 amide bonds. The van der Waals surface area contributed by atoms with Gasteiger partial charge in [0, 0.05) is 32.8 Å². The van der Waals surface area contributed by atoms with Crippen molar-refractivity contribution in [2.45, 2.75) is 284 Å². The van der Waals surface area contributed by atoms with Crippen molar-refractivity contribution < 1.29 is 24.5 Å². The summed E-state index contributed by atoms with van der Waals surface area (Å²) in [4.78, 5) is 27.9. The predicted octanol–water partition coefficient (Wildman–Crippen LogP) is 17.4. The van der Waals surface area contributed by atoms with Crippen LogP contribution in [0.25, 0.3) is 0 Å². The van der Waals surface area contributed by atoms with Crippen molar-refractivity contribution in [3.8, 4) is 0 Å². The second-order valence-corrected chi connectivity index (χ2v) is 22.6. The normalized spacial score (nSPS) is 12.8. The molecule has 0 aromatic heterocycles. The Morgan fingerprint density at radius 2 is 0.708 bits per heavy atom. The lowest BCUT2D eigenvalue weighted by molar-refractivity contribution is -0.146. The third-order valence-corrected chi connectivity index (χ3v) is 16.3. The Labute approximate surface area is 424 Å². The van der Waals surface area contributed by atoms with E-state index in [2.05, 4.69) is 32.6 Å². The molecule has 0 heterocycles. The van der Waals surface area contributed by atoms with Crippen LogP contribution in [0.2, 0.25) is 0 Å². The van der Waals surface area contributed by atoms with Crippen LogP contribution < -0.4 is 0 Å². The Balaban J connectivity index is -0.000000980. The van der Waals surface area contributed by atoms with E-state index in [4.69, 9.17) is 39.4 Å². The van der Waals surface area contributed by atoms with Gasteiger partial charge in [0.2, 0.25) is 0 Å². The lowest BCUT2D eigenvalue weighted by Crippen LogP contribution is -2.38. The van der Waals surface area contributed by atoms with Crippen molar-refractivity contribution in [3.63, 3.8) is 0 Å². The van der Waals surface area contributed by atoms with Crippen LogP contribution in [0.1, 0.15) is 275 Å². The van der Waals surface area contributed by atoms with Crippen LogP contribution in [0.4, 0.5) is 0 Å². The molecule has 0 radical (unpaired) electrons. The number of thiocarbonyl (C=S) groups is 2. The van der Waals surface area contributed by atoms with Gasteiger partial charge in [-0.15, -0.1) is 0 Å². The van der Waals surface area contributed by atoms with Crippen molar-refractivity contribution in [2.75, 3.05) is 39.4 Å². The first-order chi connectivity index (χ1) is 31.3. The van der Waals surface area contributed by atoms with E-state index in [9.17, 15) is 9.59 Å². The summed E-state index contributed by atoms with van der Waals surface area (Å²) in [6.07, 6.45) is 42.1. The topological polar surface area (TPSA) is 90.3 Å². The Hall–Kier alpha value is -0.620. The lowest BCUT2D eigenvalue weighted by atomic mass is 10.0. The number of carboxylic acid groups (broad SMARTS) is 1. The smallest absolute Gasteiger partial charge is 0.322 e. The van der Waals surface area contributed by atoms with E-state index in [-0.39, 0.29) is 5.97 Å². The molecule has 65 heavy (non-hydrogen) atoms. The summed E-state index contributed by atoms with van der Waals surface area (Å²) >= 11 is 13.5. The number of ether oxygens (including phenoxy) is 1. The van der Waals surface area contributed by atoms with Crippen molar-refractivity contribution in [1.29, 1.82) is 0 Å². The SMILES string of the molecule is CCCCCCCCCCCCCCCCCO.CCCCCCCCCCCCCCCCCOC(=O)C(C)(CC)SC(=S)N(CC)CC.CCN(CC)C(=S)SC(C)(CC)C(=O)O. The Bertz CT molecular complexity index is 1080. The number of aliphatic hydroxyl groups is 1. The molecule has 2 atom stereocenters. The van der Waals surface area contributed by atoms with Gasteiger partial charge in [0.1, 0.15) is 18.1 Å². The molecule has 0 fully saturated rings. The van der Waals surface area contributed by atoms with Crippen LogP contribution in [0.5, 0.6) is 0 Å². The number of carbonyl (C=O) groups excluding carboxylic acids is 1. The van der Waals surface area contributed by atoms with E-state index < -0.39 is 15.5 Å². The van der Waals surface area contributed by atoms with Gasteiger partial charge in [-0.05, 0) is 67.2 Å². The number of unbranched alkanes of at least 4 members (excludes halogenated alkanes) is 28. The van der Waals surface area contributed by atoms with Gasteiger partial charge in [0.25, 0.3) is 0 Å². The minimum absolute atomic E-state index is 0.120. The summed E-state index contributed by atoms with van der Waals surface area (Å²) in [5.74, 6) is -0.922. The number of hydrogen-bond donors (Lipinski definition) is 2. The summed E-state index contributed by atoms with van der Waals surface area (Å²) in [5.41, 5.74) is 0. The van der Waals surface area contributed by atoms with Crippen molar-refractivity contribution in [2.24, 2.45) is 0 Å². The molecule has 2 N–H and O–H groups in total. The Morgan fingerprint density at radius 3 is 0.954 bits per heavy atom. The highest BCUT2D eigenvalue weighted by atomic mass is 32.2. The fourth-order valence-electron chi connectivity index (χ4n) is 7.28. The van der Waals surface area contributed by atoms with Gasteiger partial charge in [0.05, 0.1) is 6.61 Å². The first-order valence-corrected chi connectivity index (χ1v) is 29.7. The summed E-state index contributed by atoms with van der Waals surface area (Å²) < 4.78 is 5.70. The van der Waals surface area contributed by atoms with Gasteiger partial charge in [-0.3, -0.25) is 9.59 Å². The van der Waals surface area contributed by atoms with Gasteiger partial charge in [-0.25, -0.2) is 0 Å². The van der Waals surface area contributed by atoms with Gasteiger partial charge in [-0.1, -0.05) is 255 Å². The molecule has 0 aliphatic heterocycles. The third-order valence-electron chi connectivity index (χ3n) is 12.6. The standard InChI is InChI=1S/C27H53NO2S2.C17H36O.C10H19NO2S2/c1-6-10-11-12-13-14-15-16-17-18-19-20-21-22-23-24-30-25(29)27(5,7-2)32-26(31)28(8-3)9-4;1-2-3-4-5-6-7-8-9-10-11-12-13-14-15-16-17-18;1-5-10(4,8(12)13)15-9(14)11(6-2)7-3/h6-24H2,1-5H3;18H,2-17H2,1H3;5-7H2,1-4H3,(H,12,13). The first-order valence-electron chi connectivity index (χ1n) is 27.2. The van der Waals surface area contributed by atoms with E-state index in [1.165, 1.54) is 197 Å². The van der Waals surface area contributed by atoms with Gasteiger partial charge < -0.3 is 24.7 Å². The van der Waals surface area contributed by atoms with Crippen molar-refractivity contribution >= 4 is 68.5 Å². The molecule has 11 heteroatoms. The monoisotopic (exact) mass is 993 g/mol. The fourth-order valence-corrected chi connectivity index (χ4v) is 11.0. The molecule has 0 saturated carbocycles. The molecule has 7 nitrogen and oxygen atoms in total. The molecule has 0 rings (SSSR count). The third kappa shape index (κ3) is 40.9. The number of thioether (sulfide) groups is 2. The molecule has 0 aromatic carbocycles. The largest absolute Gasteiger partial charge is 0.480 e. The molecule has 0 aromatic rings. The number of hydrogen-bond acceptors (Lipinski definition) is 8. The molecular formula is C54H108N2O5S4. The second kappa shape index (κ2) is 49.8. The van der Waals surface area contributed by atoms with Crippen LogP contribution in [0.15, 0.2) is 0 Å². The summed E-state index contributed by atoms with van der Waals surface area (Å²) in [5, 5.41) is 17.8. The zero-order chi connectivity index (χ0) is 49.5. The zero-order valence-corrected chi connectivity index (χ0v) is 47.8. The molecule has 0 aliphatic rings. The van der Waals surface area contributed by atoms with E-state index >= 15 is 0 Å². The first kappa shape index (κ1) is 68.6. The van der Waals surface area contributed by atoms with Gasteiger partial charge in [0.15, 0.2) is 0 Å². The maximum atomic E-state index is 12.7. The summed E-state index contributed by atoms with van der Waals surface area (Å²) in [6.45, 7) is 24.6. The lowest BCUT2D eigenvalue weighted by Gasteiger charge is -2.29. The van der Waals surface area contributed by atoms with Crippen molar-refractivity contribution in [3.05, 3.63) is 0 Å². The number of nitrogens with zero attached hydrogens (tertiary/aromatic N) is 2. The molecule has 0 aliphatic carbocycles. The number of rotatable bonds is 41. The average molecular weight is 994 g/mol. The Kier molecular flexibility index (Phi) is 52.6. The molecule has 388 valence electrons. The molecule has 0 saturated heterocycles. The minimum Gasteiger partial charge on any atom is -0.480 e. The molecule has 0 spiro atoms. The summed E-state index contributed by atoms with van der Waals surface area (Å²) in [7, 11) is 0. The summed E-state index contributed by atoms with van der Waals surface area (Å²) in [6, 6.07) is 0. The van der Waals surface area contributed by atoms with Gasteiger partial charge >= 0.3 is 11.9 Å². The molecular weight excluding hydrogens is 885 g/mol. The number of aliphatic hydroxyl groups excluding tert-OH is 1. The van der Waals surface area contributed by atoms with E-state index in [1.807, 2.05) is 39.5 Å². The van der Waals surface area contributed by atoms with E-state index in [0.29, 0.717) is 24.0 Å². The number of aliphatic carboxylic acids is 1. The second-order valence-electron chi connectivity index (χ2n) is 18.3. The van der Waals surface area contributed by atoms with E-state index in [1.54, 1.807) is 6.92 Å². The predicted molar refractivity (Wildman–Crippen MR) is 299 cm³/mol. The maximum absolute atomic E-state index is 12.7. The number of esters is 1. The van der Waals surface area contributed by atoms with E-state index in [0.717, 1.165) is 56.2 Å². The number of carboxylic acids is 1. The van der Waals surface area contributed by atoms with Crippen LogP contribution >= 0.6 is 48.0 Å². The fraction of sp³-hybridized carbons (Fsp3) is 0.926. The molecule has 2 unspecified atom stereocenters.